The summed E-state index contributed by atoms with van der Waals surface area (Å²) in [5.41, 5.74) is 0.444. The van der Waals surface area contributed by atoms with Crippen LogP contribution in [0.15, 0.2) is 18.2 Å². The van der Waals surface area contributed by atoms with Gasteiger partial charge in [-0.1, -0.05) is 17.7 Å². The second-order valence-corrected chi connectivity index (χ2v) is 4.91. The van der Waals surface area contributed by atoms with E-state index in [1.165, 1.54) is 6.07 Å². The fraction of sp³-hybridized carbons (Fsp3) is 0.462. The smallest absolute Gasteiger partial charge is 0.238 e. The van der Waals surface area contributed by atoms with Crippen molar-refractivity contribution >= 4 is 17.5 Å². The van der Waals surface area contributed by atoms with Gasteiger partial charge in [0.15, 0.2) is 0 Å². The minimum atomic E-state index is -0.332. The molecule has 0 radical (unpaired) electrons. The number of hydrogen-bond acceptors (Lipinski definition) is 3. The van der Waals surface area contributed by atoms with Crippen molar-refractivity contribution in [3.05, 3.63) is 34.6 Å². The van der Waals surface area contributed by atoms with Crippen molar-refractivity contribution in [2.24, 2.45) is 0 Å². The van der Waals surface area contributed by atoms with Gasteiger partial charge < -0.3 is 10.6 Å². The molecule has 2 N–H and O–H groups in total. The summed E-state index contributed by atoms with van der Waals surface area (Å²) in [5.74, 6) is -0.402. The van der Waals surface area contributed by atoms with Crippen LogP contribution in [0.1, 0.15) is 5.56 Å². The lowest BCUT2D eigenvalue weighted by molar-refractivity contribution is -0.126. The van der Waals surface area contributed by atoms with Gasteiger partial charge in [-0.2, -0.15) is 0 Å². The number of benzene rings is 1. The molecule has 1 heterocycles. The molecule has 2 rings (SSSR count). The molecule has 1 aromatic carbocycles. The first-order chi connectivity index (χ1) is 9.13. The van der Waals surface area contributed by atoms with Gasteiger partial charge in [-0.15, -0.1) is 0 Å². The lowest BCUT2D eigenvalue weighted by Crippen LogP contribution is -2.57. The zero-order valence-corrected chi connectivity index (χ0v) is 11.5. The number of amides is 1. The lowest BCUT2D eigenvalue weighted by atomic mass is 10.1. The first-order valence-electron chi connectivity index (χ1n) is 6.22. The van der Waals surface area contributed by atoms with Gasteiger partial charge in [-0.25, -0.2) is 4.39 Å². The molecule has 0 aromatic heterocycles. The largest absolute Gasteiger partial charge is 0.358 e. The monoisotopic (exact) mass is 285 g/mol. The van der Waals surface area contributed by atoms with Gasteiger partial charge in [-0.3, -0.25) is 9.69 Å². The zero-order chi connectivity index (χ0) is 13.8. The average Bonchev–Trinajstić information content (AvgIpc) is 2.42. The third kappa shape index (κ3) is 3.23. The fourth-order valence-electron chi connectivity index (χ4n) is 2.25. The van der Waals surface area contributed by atoms with Crippen LogP contribution in [0.3, 0.4) is 0 Å². The van der Waals surface area contributed by atoms with E-state index in [0.29, 0.717) is 30.2 Å². The molecule has 1 aliphatic heterocycles. The highest BCUT2D eigenvalue weighted by Gasteiger charge is 2.28. The topological polar surface area (TPSA) is 44.4 Å². The molecule has 104 valence electrons. The summed E-state index contributed by atoms with van der Waals surface area (Å²) in [6.45, 7) is 2.36. The first-order valence-corrected chi connectivity index (χ1v) is 6.60. The van der Waals surface area contributed by atoms with Crippen molar-refractivity contribution in [3.63, 3.8) is 0 Å². The summed E-state index contributed by atoms with van der Waals surface area (Å²) in [5, 5.41) is 6.20. The van der Waals surface area contributed by atoms with Crippen LogP contribution in [0.25, 0.3) is 0 Å². The van der Waals surface area contributed by atoms with Crippen LogP contribution in [0, 0.1) is 5.82 Å². The van der Waals surface area contributed by atoms with Crippen LogP contribution in [0.4, 0.5) is 4.39 Å². The highest BCUT2D eigenvalue weighted by atomic mass is 35.5. The summed E-state index contributed by atoms with van der Waals surface area (Å²) in [4.78, 5) is 13.8. The standard InChI is InChI=1S/C13H17ClFN3O/c1-16-13(19)12-7-17-5-6-18(12)8-9-10(14)3-2-4-11(9)15/h2-4,12,17H,5-8H2,1H3,(H,16,19). The van der Waals surface area contributed by atoms with Crippen LogP contribution < -0.4 is 10.6 Å². The Morgan fingerprint density at radius 2 is 2.42 bits per heavy atom. The number of likely N-dealkylation sites (N-methyl/N-ethyl adjacent to an activating group) is 1. The highest BCUT2D eigenvalue weighted by molar-refractivity contribution is 6.31. The molecule has 6 heteroatoms. The normalized spacial score (nSPS) is 20.3. The Bertz CT molecular complexity index is 449. The minimum Gasteiger partial charge on any atom is -0.358 e. The van der Waals surface area contributed by atoms with E-state index in [0.717, 1.165) is 6.54 Å². The molecule has 1 amide bonds. The number of halogens is 2. The molecule has 0 aliphatic carbocycles. The molecule has 1 fully saturated rings. The van der Waals surface area contributed by atoms with E-state index in [2.05, 4.69) is 10.6 Å². The van der Waals surface area contributed by atoms with E-state index in [9.17, 15) is 9.18 Å². The quantitative estimate of drug-likeness (QED) is 0.871. The summed E-state index contributed by atoms with van der Waals surface area (Å²) in [7, 11) is 1.60. The number of piperazine rings is 1. The molecule has 4 nitrogen and oxygen atoms in total. The molecule has 1 aliphatic rings. The second kappa shape index (κ2) is 6.32. The van der Waals surface area contributed by atoms with Gasteiger partial charge in [0.05, 0.1) is 0 Å². The predicted molar refractivity (Wildman–Crippen MR) is 72.5 cm³/mol. The Morgan fingerprint density at radius 3 is 3.11 bits per heavy atom. The Kier molecular flexibility index (Phi) is 4.74. The maximum absolute atomic E-state index is 13.8. The average molecular weight is 286 g/mol. The molecule has 0 spiro atoms. The number of carbonyl (C=O) groups excluding carboxylic acids is 1. The Hall–Kier alpha value is -1.17. The van der Waals surface area contributed by atoms with E-state index in [-0.39, 0.29) is 17.8 Å². The van der Waals surface area contributed by atoms with Crippen molar-refractivity contribution in [2.45, 2.75) is 12.6 Å². The van der Waals surface area contributed by atoms with Crippen LogP contribution in [-0.2, 0) is 11.3 Å². The van der Waals surface area contributed by atoms with Crippen molar-refractivity contribution in [3.8, 4) is 0 Å². The van der Waals surface area contributed by atoms with Crippen LogP contribution in [0.5, 0.6) is 0 Å². The molecule has 1 saturated heterocycles. The zero-order valence-electron chi connectivity index (χ0n) is 10.7. The number of carbonyl (C=O) groups is 1. The molecule has 19 heavy (non-hydrogen) atoms. The summed E-state index contributed by atoms with van der Waals surface area (Å²) in [6, 6.07) is 4.33. The molecular weight excluding hydrogens is 269 g/mol. The van der Waals surface area contributed by atoms with Crippen LogP contribution >= 0.6 is 11.6 Å². The first kappa shape index (κ1) is 14.2. The molecular formula is C13H17ClFN3O. The van der Waals surface area contributed by atoms with E-state index in [1.807, 2.05) is 4.90 Å². The summed E-state index contributed by atoms with van der Waals surface area (Å²) >= 11 is 6.03. The van der Waals surface area contributed by atoms with Crippen molar-refractivity contribution < 1.29 is 9.18 Å². The van der Waals surface area contributed by atoms with E-state index >= 15 is 0 Å². The van der Waals surface area contributed by atoms with Crippen molar-refractivity contribution in [1.29, 1.82) is 0 Å². The van der Waals surface area contributed by atoms with Gasteiger partial charge >= 0.3 is 0 Å². The minimum absolute atomic E-state index is 0.0698. The van der Waals surface area contributed by atoms with E-state index < -0.39 is 0 Å². The molecule has 0 bridgehead atoms. The number of nitrogens with one attached hydrogen (secondary N) is 2. The maximum atomic E-state index is 13.8. The van der Waals surface area contributed by atoms with Crippen molar-refractivity contribution in [2.75, 3.05) is 26.7 Å². The van der Waals surface area contributed by atoms with Gasteiger partial charge in [-0.05, 0) is 12.1 Å². The third-order valence-corrected chi connectivity index (χ3v) is 3.68. The SMILES string of the molecule is CNC(=O)C1CNCCN1Cc1c(F)cccc1Cl. The number of rotatable bonds is 3. The lowest BCUT2D eigenvalue weighted by Gasteiger charge is -2.35. The second-order valence-electron chi connectivity index (χ2n) is 4.50. The maximum Gasteiger partial charge on any atom is 0.238 e. The van der Waals surface area contributed by atoms with Crippen molar-refractivity contribution in [1.82, 2.24) is 15.5 Å². The summed E-state index contributed by atoms with van der Waals surface area (Å²) < 4.78 is 13.8. The van der Waals surface area contributed by atoms with Gasteiger partial charge in [0.1, 0.15) is 11.9 Å². The predicted octanol–water partition coefficient (Wildman–Crippen LogP) is 0.999. The number of hydrogen-bond donors (Lipinski definition) is 2. The number of nitrogens with zero attached hydrogens (tertiary/aromatic N) is 1. The summed E-state index contributed by atoms with van der Waals surface area (Å²) in [6.07, 6.45) is 0. The van der Waals surface area contributed by atoms with Gasteiger partial charge in [0, 0.05) is 43.8 Å². The molecule has 1 aromatic rings. The van der Waals surface area contributed by atoms with Crippen LogP contribution in [-0.4, -0.2) is 43.5 Å². The molecule has 1 atom stereocenters. The Morgan fingerprint density at radius 1 is 1.63 bits per heavy atom. The molecule has 0 saturated carbocycles. The fourth-order valence-corrected chi connectivity index (χ4v) is 2.47. The van der Waals surface area contributed by atoms with Gasteiger partial charge in [0.25, 0.3) is 0 Å². The highest BCUT2D eigenvalue weighted by Crippen LogP contribution is 2.22. The van der Waals surface area contributed by atoms with E-state index in [4.69, 9.17) is 11.6 Å². The van der Waals surface area contributed by atoms with E-state index in [1.54, 1.807) is 19.2 Å². The molecule has 1 unspecified atom stereocenters. The Labute approximate surface area is 116 Å². The third-order valence-electron chi connectivity index (χ3n) is 3.33. The van der Waals surface area contributed by atoms with Crippen LogP contribution in [0.2, 0.25) is 5.02 Å². The Balaban J connectivity index is 2.18. The van der Waals surface area contributed by atoms with Gasteiger partial charge in [0.2, 0.25) is 5.91 Å².